The van der Waals surface area contributed by atoms with Crippen molar-refractivity contribution in [2.24, 2.45) is 0 Å². The van der Waals surface area contributed by atoms with Gasteiger partial charge in [-0.15, -0.1) is 0 Å². The van der Waals surface area contributed by atoms with Crippen LogP contribution < -0.4 is 0 Å². The first-order valence-corrected chi connectivity index (χ1v) is 8.70. The minimum absolute atomic E-state index is 0.671. The van der Waals surface area contributed by atoms with Crippen LogP contribution in [0.3, 0.4) is 0 Å². The molecule has 120 valence electrons. The Bertz CT molecular complexity index is 982. The normalized spacial score (nSPS) is 10.6. The highest BCUT2D eigenvalue weighted by Crippen LogP contribution is 2.24. The number of rotatable bonds is 3. The summed E-state index contributed by atoms with van der Waals surface area (Å²) in [4.78, 5) is 13.2. The third-order valence-corrected chi connectivity index (χ3v) is 4.45. The van der Waals surface area contributed by atoms with Gasteiger partial charge in [-0.1, -0.05) is 82.7 Å². The number of hydrogen-bond acceptors (Lipinski definition) is 3. The Morgan fingerprint density at radius 3 is 1.60 bits per heavy atom. The van der Waals surface area contributed by atoms with E-state index in [1.54, 1.807) is 6.33 Å². The van der Waals surface area contributed by atoms with E-state index in [0.717, 1.165) is 15.6 Å². The van der Waals surface area contributed by atoms with Gasteiger partial charge in [0.2, 0.25) is 0 Å². The predicted molar refractivity (Wildman–Crippen MR) is 104 cm³/mol. The fourth-order valence-electron chi connectivity index (χ4n) is 2.62. The summed E-state index contributed by atoms with van der Waals surface area (Å²) >= 11 is 3.44. The summed E-state index contributed by atoms with van der Waals surface area (Å²) in [7, 11) is 0. The van der Waals surface area contributed by atoms with E-state index in [2.05, 4.69) is 55.1 Å². The van der Waals surface area contributed by atoms with Crippen molar-refractivity contribution in [3.05, 3.63) is 89.7 Å². The summed E-state index contributed by atoms with van der Waals surface area (Å²) in [6.45, 7) is 0. The molecule has 0 aliphatic carbocycles. The Morgan fingerprint density at radius 2 is 1.00 bits per heavy atom. The first-order chi connectivity index (χ1) is 12.3. The Hall–Kier alpha value is -2.85. The molecule has 0 amide bonds. The van der Waals surface area contributed by atoms with Gasteiger partial charge in [0.25, 0.3) is 0 Å². The monoisotopic (exact) mass is 387 g/mol. The molecule has 4 heteroatoms. The molecule has 4 rings (SSSR count). The van der Waals surface area contributed by atoms with Crippen molar-refractivity contribution >= 4 is 15.9 Å². The molecule has 1 heterocycles. The molecular weight excluding hydrogens is 374 g/mol. The van der Waals surface area contributed by atoms with Crippen LogP contribution in [0.15, 0.2) is 89.7 Å². The van der Waals surface area contributed by atoms with E-state index < -0.39 is 0 Å². The number of benzene rings is 3. The largest absolute Gasteiger partial charge is 0.217 e. The van der Waals surface area contributed by atoms with Crippen molar-refractivity contribution in [3.63, 3.8) is 0 Å². The third kappa shape index (κ3) is 3.49. The zero-order valence-corrected chi connectivity index (χ0v) is 14.9. The van der Waals surface area contributed by atoms with E-state index >= 15 is 0 Å². The van der Waals surface area contributed by atoms with E-state index in [4.69, 9.17) is 0 Å². The van der Waals surface area contributed by atoms with Crippen molar-refractivity contribution in [1.82, 2.24) is 15.0 Å². The van der Waals surface area contributed by atoms with E-state index in [1.165, 1.54) is 11.1 Å². The summed E-state index contributed by atoms with van der Waals surface area (Å²) in [6, 6.07) is 26.5. The standard InChI is InChI=1S/C21H14BrN3/c22-19-12-10-18(11-13-19)21-24-14-23-20(25-21)17-8-6-16(7-9-17)15-4-2-1-3-5-15/h1-14H. The fourth-order valence-corrected chi connectivity index (χ4v) is 2.88. The van der Waals surface area contributed by atoms with E-state index in [-0.39, 0.29) is 0 Å². The van der Waals surface area contributed by atoms with Gasteiger partial charge in [0.1, 0.15) is 6.33 Å². The molecule has 0 aliphatic heterocycles. The second-order valence-corrected chi connectivity index (χ2v) is 6.50. The molecule has 0 spiro atoms. The molecule has 1 aromatic heterocycles. The van der Waals surface area contributed by atoms with Gasteiger partial charge in [0, 0.05) is 15.6 Å². The van der Waals surface area contributed by atoms with Gasteiger partial charge < -0.3 is 0 Å². The second-order valence-electron chi connectivity index (χ2n) is 5.58. The third-order valence-electron chi connectivity index (χ3n) is 3.92. The number of halogens is 1. The molecule has 25 heavy (non-hydrogen) atoms. The van der Waals surface area contributed by atoms with Crippen molar-refractivity contribution in [2.75, 3.05) is 0 Å². The topological polar surface area (TPSA) is 38.7 Å². The summed E-state index contributed by atoms with van der Waals surface area (Å²) < 4.78 is 1.03. The average molecular weight is 388 g/mol. The Morgan fingerprint density at radius 1 is 0.520 bits per heavy atom. The molecule has 3 nitrogen and oxygen atoms in total. The SMILES string of the molecule is Brc1ccc(-c2ncnc(-c3ccc(-c4ccccc4)cc3)n2)cc1. The number of aromatic nitrogens is 3. The molecule has 0 radical (unpaired) electrons. The van der Waals surface area contributed by atoms with Crippen molar-refractivity contribution in [2.45, 2.75) is 0 Å². The van der Waals surface area contributed by atoms with Crippen LogP contribution in [0.1, 0.15) is 0 Å². The van der Waals surface area contributed by atoms with Gasteiger partial charge >= 0.3 is 0 Å². The highest BCUT2D eigenvalue weighted by Gasteiger charge is 2.06. The first kappa shape index (κ1) is 15.7. The van der Waals surface area contributed by atoms with Crippen LogP contribution in [0.25, 0.3) is 33.9 Å². The Labute approximate surface area is 154 Å². The van der Waals surface area contributed by atoms with Gasteiger partial charge in [0.05, 0.1) is 0 Å². The van der Waals surface area contributed by atoms with Crippen LogP contribution in [-0.2, 0) is 0 Å². The van der Waals surface area contributed by atoms with Gasteiger partial charge in [-0.2, -0.15) is 0 Å². The molecule has 0 saturated carbocycles. The van der Waals surface area contributed by atoms with Gasteiger partial charge in [-0.25, -0.2) is 15.0 Å². The molecule has 0 saturated heterocycles. The van der Waals surface area contributed by atoms with Crippen molar-refractivity contribution < 1.29 is 0 Å². The Kier molecular flexibility index (Phi) is 4.36. The molecule has 0 N–H and O–H groups in total. The zero-order chi connectivity index (χ0) is 17.1. The number of hydrogen-bond donors (Lipinski definition) is 0. The van der Waals surface area contributed by atoms with Crippen LogP contribution in [0.5, 0.6) is 0 Å². The minimum Gasteiger partial charge on any atom is -0.217 e. The Balaban J connectivity index is 1.66. The summed E-state index contributed by atoms with van der Waals surface area (Å²) in [5, 5.41) is 0. The molecule has 3 aromatic carbocycles. The lowest BCUT2D eigenvalue weighted by molar-refractivity contribution is 1.06. The van der Waals surface area contributed by atoms with Crippen LogP contribution in [0.4, 0.5) is 0 Å². The summed E-state index contributed by atoms with van der Waals surface area (Å²) in [6.07, 6.45) is 1.56. The minimum atomic E-state index is 0.671. The lowest BCUT2D eigenvalue weighted by Crippen LogP contribution is -1.95. The highest BCUT2D eigenvalue weighted by molar-refractivity contribution is 9.10. The molecule has 0 bridgehead atoms. The quantitative estimate of drug-likeness (QED) is 0.456. The second kappa shape index (κ2) is 6.95. The molecule has 0 aliphatic rings. The molecule has 0 atom stereocenters. The van der Waals surface area contributed by atoms with Crippen LogP contribution >= 0.6 is 15.9 Å². The molecule has 4 aromatic rings. The molecule has 0 unspecified atom stereocenters. The van der Waals surface area contributed by atoms with Gasteiger partial charge in [-0.3, -0.25) is 0 Å². The maximum Gasteiger partial charge on any atom is 0.163 e. The van der Waals surface area contributed by atoms with Crippen LogP contribution in [0, 0.1) is 0 Å². The smallest absolute Gasteiger partial charge is 0.163 e. The first-order valence-electron chi connectivity index (χ1n) is 7.90. The van der Waals surface area contributed by atoms with E-state index in [0.29, 0.717) is 11.6 Å². The molecular formula is C21H14BrN3. The van der Waals surface area contributed by atoms with Crippen molar-refractivity contribution in [1.29, 1.82) is 0 Å². The fraction of sp³-hybridized carbons (Fsp3) is 0. The lowest BCUT2D eigenvalue weighted by Gasteiger charge is -2.05. The zero-order valence-electron chi connectivity index (χ0n) is 13.3. The van der Waals surface area contributed by atoms with Crippen LogP contribution in [0.2, 0.25) is 0 Å². The van der Waals surface area contributed by atoms with Gasteiger partial charge in [0.15, 0.2) is 11.6 Å². The molecule has 0 fully saturated rings. The van der Waals surface area contributed by atoms with E-state index in [9.17, 15) is 0 Å². The van der Waals surface area contributed by atoms with Crippen LogP contribution in [-0.4, -0.2) is 15.0 Å². The van der Waals surface area contributed by atoms with Gasteiger partial charge in [-0.05, 0) is 23.3 Å². The highest BCUT2D eigenvalue weighted by atomic mass is 79.9. The number of nitrogens with zero attached hydrogens (tertiary/aromatic N) is 3. The van der Waals surface area contributed by atoms with E-state index in [1.807, 2.05) is 54.6 Å². The lowest BCUT2D eigenvalue weighted by atomic mass is 10.0. The maximum atomic E-state index is 4.61. The predicted octanol–water partition coefficient (Wildman–Crippen LogP) is 5.64. The summed E-state index contributed by atoms with van der Waals surface area (Å²) in [5.41, 5.74) is 4.31. The maximum absolute atomic E-state index is 4.61. The van der Waals surface area contributed by atoms with Crippen molar-refractivity contribution in [3.8, 4) is 33.9 Å². The average Bonchev–Trinajstić information content (AvgIpc) is 2.69. The summed E-state index contributed by atoms with van der Waals surface area (Å²) in [5.74, 6) is 1.34.